The minimum absolute atomic E-state index is 0.138. The molecule has 1 amide bonds. The smallest absolute Gasteiger partial charge is 0.410 e. The molecule has 0 saturated carbocycles. The zero-order valence-corrected chi connectivity index (χ0v) is 16.3. The highest BCUT2D eigenvalue weighted by atomic mass is 79.9. The largest absolute Gasteiger partial charge is 0.467 e. The van der Waals surface area contributed by atoms with E-state index in [0.717, 1.165) is 5.56 Å². The van der Waals surface area contributed by atoms with Crippen LogP contribution >= 0.6 is 15.9 Å². The molecule has 2 heterocycles. The van der Waals surface area contributed by atoms with Crippen molar-refractivity contribution >= 4 is 33.8 Å². The number of esters is 1. The Morgan fingerprint density at radius 1 is 1.30 bits per heavy atom. The molecule has 2 atom stereocenters. The van der Waals surface area contributed by atoms with E-state index in [9.17, 15) is 9.59 Å². The third-order valence-corrected chi connectivity index (χ3v) is 4.55. The van der Waals surface area contributed by atoms with E-state index in [4.69, 9.17) is 9.47 Å². The number of carbonyl (C=O) groups is 2. The molecule has 0 bridgehead atoms. The number of likely N-dealkylation sites (tertiary alicyclic amines) is 1. The molecule has 1 aliphatic rings. The summed E-state index contributed by atoms with van der Waals surface area (Å²) in [5, 5.41) is 3.19. The molecule has 0 spiro atoms. The van der Waals surface area contributed by atoms with E-state index in [2.05, 4.69) is 31.2 Å². The van der Waals surface area contributed by atoms with E-state index < -0.39 is 18.1 Å². The second kappa shape index (κ2) is 8.81. The Morgan fingerprint density at radius 3 is 2.78 bits per heavy atom. The van der Waals surface area contributed by atoms with E-state index in [0.29, 0.717) is 23.4 Å². The maximum atomic E-state index is 12.5. The van der Waals surface area contributed by atoms with Crippen LogP contribution in [-0.4, -0.2) is 52.7 Å². The van der Waals surface area contributed by atoms with Crippen molar-refractivity contribution in [2.45, 2.75) is 25.1 Å². The first-order chi connectivity index (χ1) is 13.1. The maximum absolute atomic E-state index is 12.5. The molecule has 1 saturated heterocycles. The normalized spacial score (nSPS) is 18.8. The molecule has 2 aromatic rings. The highest BCUT2D eigenvalue weighted by molar-refractivity contribution is 9.10. The Kier molecular flexibility index (Phi) is 6.23. The molecular formula is C18H19BrN4O4. The van der Waals surface area contributed by atoms with Crippen LogP contribution in [0.5, 0.6) is 0 Å². The first-order valence-corrected chi connectivity index (χ1v) is 9.15. The van der Waals surface area contributed by atoms with Gasteiger partial charge in [-0.3, -0.25) is 9.88 Å². The quantitative estimate of drug-likeness (QED) is 0.722. The van der Waals surface area contributed by atoms with Gasteiger partial charge in [0.25, 0.3) is 0 Å². The van der Waals surface area contributed by atoms with E-state index in [1.165, 1.54) is 12.0 Å². The van der Waals surface area contributed by atoms with Crippen molar-refractivity contribution in [3.63, 3.8) is 0 Å². The van der Waals surface area contributed by atoms with Gasteiger partial charge in [0.05, 0.1) is 19.5 Å². The topological polar surface area (TPSA) is 93.6 Å². The minimum Gasteiger partial charge on any atom is -0.467 e. The number of nitrogens with one attached hydrogen (secondary N) is 1. The standard InChI is InChI=1S/C18H19BrN4O4/c1-26-17(24)14-7-13(21-16-9-20-8-15(19)22-16)10-23(14)18(25)27-11-12-5-3-2-4-6-12/h2-6,8-9,13-14H,7,10-11H2,1H3,(H,21,22)/t13-,14-/m0/s1. The van der Waals surface area contributed by atoms with Crippen molar-refractivity contribution in [3.8, 4) is 0 Å². The number of aromatic nitrogens is 2. The first kappa shape index (κ1) is 19.1. The summed E-state index contributed by atoms with van der Waals surface area (Å²) in [6.45, 7) is 0.431. The average Bonchev–Trinajstić information content (AvgIpc) is 3.10. The number of hydrogen-bond donors (Lipinski definition) is 1. The summed E-state index contributed by atoms with van der Waals surface area (Å²) in [5.74, 6) is 0.0776. The minimum atomic E-state index is -0.712. The second-order valence-electron chi connectivity index (χ2n) is 6.04. The molecule has 3 rings (SSSR count). The molecule has 1 aliphatic heterocycles. The van der Waals surface area contributed by atoms with Crippen molar-refractivity contribution in [2.75, 3.05) is 19.0 Å². The molecule has 0 unspecified atom stereocenters. The summed E-state index contributed by atoms with van der Waals surface area (Å²) in [7, 11) is 1.30. The van der Waals surface area contributed by atoms with Crippen LogP contribution in [0.2, 0.25) is 0 Å². The van der Waals surface area contributed by atoms with Gasteiger partial charge in [-0.1, -0.05) is 30.3 Å². The molecule has 27 heavy (non-hydrogen) atoms. The summed E-state index contributed by atoms with van der Waals surface area (Å²) in [5.41, 5.74) is 0.874. The highest BCUT2D eigenvalue weighted by Gasteiger charge is 2.41. The summed E-state index contributed by atoms with van der Waals surface area (Å²) in [6, 6.07) is 8.47. The van der Waals surface area contributed by atoms with Gasteiger partial charge in [-0.05, 0) is 21.5 Å². The van der Waals surface area contributed by atoms with Crippen LogP contribution in [0.3, 0.4) is 0 Å². The van der Waals surface area contributed by atoms with Crippen molar-refractivity contribution in [1.82, 2.24) is 14.9 Å². The van der Waals surface area contributed by atoms with E-state index >= 15 is 0 Å². The lowest BCUT2D eigenvalue weighted by atomic mass is 10.2. The van der Waals surface area contributed by atoms with Gasteiger partial charge < -0.3 is 14.8 Å². The van der Waals surface area contributed by atoms with Crippen LogP contribution in [-0.2, 0) is 20.9 Å². The Bertz CT molecular complexity index is 805. The number of rotatable bonds is 5. The molecule has 9 heteroatoms. The lowest BCUT2D eigenvalue weighted by Crippen LogP contribution is -2.41. The van der Waals surface area contributed by atoms with Crippen molar-refractivity contribution in [1.29, 1.82) is 0 Å². The van der Waals surface area contributed by atoms with Crippen molar-refractivity contribution < 1.29 is 19.1 Å². The SMILES string of the molecule is COC(=O)[C@@H]1C[C@H](Nc2cncc(Br)n2)CN1C(=O)OCc1ccccc1. The Labute approximate surface area is 165 Å². The van der Waals surface area contributed by atoms with Crippen LogP contribution in [0.4, 0.5) is 10.6 Å². The number of carbonyl (C=O) groups excluding carboxylic acids is 2. The van der Waals surface area contributed by atoms with E-state index in [1.54, 1.807) is 12.4 Å². The predicted molar refractivity (Wildman–Crippen MR) is 101 cm³/mol. The predicted octanol–water partition coefficient (Wildman–Crippen LogP) is 2.60. The van der Waals surface area contributed by atoms with Crippen LogP contribution in [0.1, 0.15) is 12.0 Å². The summed E-state index contributed by atoms with van der Waals surface area (Å²) < 4.78 is 10.8. The second-order valence-corrected chi connectivity index (χ2v) is 6.85. The fraction of sp³-hybridized carbons (Fsp3) is 0.333. The maximum Gasteiger partial charge on any atom is 0.410 e. The summed E-state index contributed by atoms with van der Waals surface area (Å²) in [6.07, 6.45) is 2.99. The Hall–Kier alpha value is -2.68. The van der Waals surface area contributed by atoms with Gasteiger partial charge >= 0.3 is 12.1 Å². The van der Waals surface area contributed by atoms with Crippen LogP contribution in [0, 0.1) is 0 Å². The van der Waals surface area contributed by atoms with Crippen LogP contribution < -0.4 is 5.32 Å². The van der Waals surface area contributed by atoms with Gasteiger partial charge in [-0.15, -0.1) is 0 Å². The van der Waals surface area contributed by atoms with Gasteiger partial charge in [0.1, 0.15) is 23.1 Å². The van der Waals surface area contributed by atoms with Gasteiger partial charge in [-0.25, -0.2) is 14.6 Å². The van der Waals surface area contributed by atoms with Gasteiger partial charge in [-0.2, -0.15) is 0 Å². The molecule has 1 fully saturated rings. The van der Waals surface area contributed by atoms with Crippen LogP contribution in [0.15, 0.2) is 47.3 Å². The third kappa shape index (κ3) is 4.94. The lowest BCUT2D eigenvalue weighted by Gasteiger charge is -2.21. The number of methoxy groups -OCH3 is 1. The molecule has 1 aromatic carbocycles. The van der Waals surface area contributed by atoms with Gasteiger partial charge in [0, 0.05) is 19.0 Å². The molecular weight excluding hydrogens is 416 g/mol. The molecule has 1 N–H and O–H groups in total. The van der Waals surface area contributed by atoms with E-state index in [1.807, 2.05) is 30.3 Å². The average molecular weight is 435 g/mol. The number of anilines is 1. The lowest BCUT2D eigenvalue weighted by molar-refractivity contribution is -0.145. The summed E-state index contributed by atoms with van der Waals surface area (Å²) >= 11 is 3.26. The van der Waals surface area contributed by atoms with Crippen LogP contribution in [0.25, 0.3) is 0 Å². The molecule has 1 aromatic heterocycles. The zero-order valence-electron chi connectivity index (χ0n) is 14.7. The Morgan fingerprint density at radius 2 is 2.07 bits per heavy atom. The highest BCUT2D eigenvalue weighted by Crippen LogP contribution is 2.23. The third-order valence-electron chi connectivity index (χ3n) is 4.17. The molecule has 142 valence electrons. The molecule has 0 aliphatic carbocycles. The fourth-order valence-corrected chi connectivity index (χ4v) is 3.23. The number of ether oxygens (including phenoxy) is 2. The zero-order chi connectivity index (χ0) is 19.2. The number of benzene rings is 1. The van der Waals surface area contributed by atoms with Crippen molar-refractivity contribution in [2.24, 2.45) is 0 Å². The monoisotopic (exact) mass is 434 g/mol. The number of nitrogens with zero attached hydrogens (tertiary/aromatic N) is 3. The van der Waals surface area contributed by atoms with E-state index in [-0.39, 0.29) is 12.6 Å². The van der Waals surface area contributed by atoms with Gasteiger partial charge in [0.15, 0.2) is 0 Å². The Balaban J connectivity index is 1.66. The van der Waals surface area contributed by atoms with Gasteiger partial charge in [0.2, 0.25) is 0 Å². The molecule has 8 nitrogen and oxygen atoms in total. The summed E-state index contributed by atoms with van der Waals surface area (Å²) in [4.78, 5) is 34.4. The number of hydrogen-bond acceptors (Lipinski definition) is 7. The number of amides is 1. The first-order valence-electron chi connectivity index (χ1n) is 8.36. The number of halogens is 1. The molecule has 0 radical (unpaired) electrons. The fourth-order valence-electron chi connectivity index (χ4n) is 2.92. The van der Waals surface area contributed by atoms with Crippen molar-refractivity contribution in [3.05, 3.63) is 52.9 Å².